The Hall–Kier alpha value is -5.48. The van der Waals surface area contributed by atoms with E-state index in [-0.39, 0.29) is 6.71 Å². The maximum absolute atomic E-state index is 2.53. The number of fused-ring (bicyclic) bond motifs is 5. The topological polar surface area (TPSA) is 0 Å². The Labute approximate surface area is 291 Å². The number of thiophene rings is 2. The molecule has 0 N–H and O–H groups in total. The van der Waals surface area contributed by atoms with E-state index in [1.807, 2.05) is 22.7 Å². The summed E-state index contributed by atoms with van der Waals surface area (Å²) in [6, 6.07) is 57.5. The minimum Gasteiger partial charge on any atom is -0.135 e. The second-order valence-electron chi connectivity index (χ2n) is 13.5. The smallest absolute Gasteiger partial charge is 0.135 e. The van der Waals surface area contributed by atoms with Gasteiger partial charge in [-0.25, -0.2) is 0 Å². The number of hydrogen-bond donors (Lipinski definition) is 0. The van der Waals surface area contributed by atoms with Crippen molar-refractivity contribution in [2.45, 2.75) is 0 Å². The Morgan fingerprint density at radius 1 is 0.327 bits per heavy atom. The molecule has 49 heavy (non-hydrogen) atoms. The third kappa shape index (κ3) is 3.44. The normalized spacial score (nSPS) is 12.9. The van der Waals surface area contributed by atoms with Crippen LogP contribution < -0.4 is 16.4 Å². The molecule has 8 aromatic carbocycles. The van der Waals surface area contributed by atoms with Crippen LogP contribution >= 0.6 is 22.7 Å². The molecule has 0 fully saturated rings. The van der Waals surface area contributed by atoms with Gasteiger partial charge >= 0.3 is 0 Å². The zero-order chi connectivity index (χ0) is 31.8. The van der Waals surface area contributed by atoms with E-state index in [1.54, 1.807) is 0 Å². The van der Waals surface area contributed by atoms with Crippen molar-refractivity contribution >= 4 is 96.9 Å². The zero-order valence-corrected chi connectivity index (χ0v) is 28.0. The predicted molar refractivity (Wildman–Crippen MR) is 216 cm³/mol. The van der Waals surface area contributed by atoms with Gasteiger partial charge < -0.3 is 0 Å². The summed E-state index contributed by atoms with van der Waals surface area (Å²) in [6.07, 6.45) is 0. The van der Waals surface area contributed by atoms with Crippen LogP contribution in [0.3, 0.4) is 0 Å². The van der Waals surface area contributed by atoms with Crippen molar-refractivity contribution in [1.29, 1.82) is 0 Å². The summed E-state index contributed by atoms with van der Waals surface area (Å²) < 4.78 is 5.48. The lowest BCUT2D eigenvalue weighted by Gasteiger charge is -2.23. The quantitative estimate of drug-likeness (QED) is 0.163. The molecule has 10 aromatic rings. The van der Waals surface area contributed by atoms with E-state index >= 15 is 0 Å². The van der Waals surface area contributed by atoms with E-state index in [0.717, 1.165) is 0 Å². The molecule has 0 spiro atoms. The van der Waals surface area contributed by atoms with Crippen LogP contribution in [0.4, 0.5) is 0 Å². The van der Waals surface area contributed by atoms with Crippen LogP contribution in [-0.2, 0) is 0 Å². The van der Waals surface area contributed by atoms with Crippen molar-refractivity contribution < 1.29 is 0 Å². The van der Waals surface area contributed by atoms with Crippen molar-refractivity contribution in [1.82, 2.24) is 0 Å². The number of benzene rings is 8. The highest BCUT2D eigenvalue weighted by Crippen LogP contribution is 2.47. The summed E-state index contributed by atoms with van der Waals surface area (Å²) in [5.74, 6) is 0. The number of hydrogen-bond acceptors (Lipinski definition) is 2. The standard InChI is InChI=1S/C46H25BS2/c1-2-10-26(11-3-1)28-22-23-29(31-13-5-4-12-30(28)31)27-24-34-32-14-6-18-38-42(32)44-36(16-8-20-40(44)48-38)47-37-17-9-21-41-45(37)43-33(35(25-27)46(34)47)15-7-19-39(43)49-41/h1-25H. The van der Waals surface area contributed by atoms with Crippen molar-refractivity contribution in [2.24, 2.45) is 0 Å². The molecule has 2 aromatic heterocycles. The van der Waals surface area contributed by atoms with Gasteiger partial charge in [-0.3, -0.25) is 0 Å². The largest absolute Gasteiger partial charge is 0.244 e. The Morgan fingerprint density at radius 3 is 1.35 bits per heavy atom. The third-order valence-electron chi connectivity index (χ3n) is 11.1. The molecule has 2 aliphatic heterocycles. The highest BCUT2D eigenvalue weighted by atomic mass is 32.1. The van der Waals surface area contributed by atoms with Crippen LogP contribution in [0, 0.1) is 0 Å². The maximum Gasteiger partial charge on any atom is 0.244 e. The molecular formula is C46H25BS2. The first-order valence-electron chi connectivity index (χ1n) is 17.0. The van der Waals surface area contributed by atoms with Gasteiger partial charge in [-0.15, -0.1) is 22.7 Å². The monoisotopic (exact) mass is 652 g/mol. The molecule has 0 atom stereocenters. The summed E-state index contributed by atoms with van der Waals surface area (Å²) >= 11 is 3.87. The number of rotatable bonds is 2. The van der Waals surface area contributed by atoms with Gasteiger partial charge in [-0.2, -0.15) is 0 Å². The van der Waals surface area contributed by atoms with E-state index < -0.39 is 0 Å². The second kappa shape index (κ2) is 9.57. The lowest BCUT2D eigenvalue weighted by molar-refractivity contribution is 1.62. The molecule has 0 aliphatic carbocycles. The predicted octanol–water partition coefficient (Wildman–Crippen LogP) is 11.4. The van der Waals surface area contributed by atoms with Gasteiger partial charge in [0.2, 0.25) is 6.71 Å². The lowest BCUT2D eigenvalue weighted by Crippen LogP contribution is -2.52. The fraction of sp³-hybridized carbons (Fsp3) is 0. The van der Waals surface area contributed by atoms with Crippen LogP contribution in [0.25, 0.3) is 95.6 Å². The van der Waals surface area contributed by atoms with Gasteiger partial charge in [0.05, 0.1) is 0 Å². The van der Waals surface area contributed by atoms with E-state index in [9.17, 15) is 0 Å². The summed E-state index contributed by atoms with van der Waals surface area (Å²) in [5, 5.41) is 8.25. The first kappa shape index (κ1) is 26.5. The minimum atomic E-state index is 0.124. The Bertz CT molecular complexity index is 2910. The van der Waals surface area contributed by atoms with Crippen LogP contribution in [0.2, 0.25) is 0 Å². The molecule has 12 rings (SSSR count). The van der Waals surface area contributed by atoms with Crippen LogP contribution in [0.1, 0.15) is 0 Å². The summed E-state index contributed by atoms with van der Waals surface area (Å²) in [7, 11) is 0. The molecule has 224 valence electrons. The summed E-state index contributed by atoms with van der Waals surface area (Å²) in [4.78, 5) is 0. The highest BCUT2D eigenvalue weighted by molar-refractivity contribution is 7.27. The van der Waals surface area contributed by atoms with Gasteiger partial charge in [0, 0.05) is 29.6 Å². The van der Waals surface area contributed by atoms with Gasteiger partial charge in [-0.1, -0.05) is 132 Å². The first-order valence-corrected chi connectivity index (χ1v) is 18.6. The van der Waals surface area contributed by atoms with Crippen LogP contribution in [-0.4, -0.2) is 6.71 Å². The lowest BCUT2D eigenvalue weighted by atomic mass is 9.35. The SMILES string of the molecule is c1ccc(-c2ccc(-c3cc4c5c(c3)-c3cccc6sc7cccc(c7c36)B5c3cccc5sc6cccc-4c6c35)c3ccccc23)cc1. The van der Waals surface area contributed by atoms with Crippen molar-refractivity contribution in [3.05, 3.63) is 152 Å². The minimum absolute atomic E-state index is 0.124. The van der Waals surface area contributed by atoms with E-state index in [1.165, 1.54) is 112 Å². The molecule has 0 amide bonds. The first-order chi connectivity index (χ1) is 24.3. The third-order valence-corrected chi connectivity index (χ3v) is 13.3. The second-order valence-corrected chi connectivity index (χ2v) is 15.7. The Balaban J connectivity index is 1.27. The van der Waals surface area contributed by atoms with Gasteiger partial charge in [0.15, 0.2) is 0 Å². The molecule has 3 heteroatoms. The van der Waals surface area contributed by atoms with Gasteiger partial charge in [-0.05, 0) is 102 Å². The van der Waals surface area contributed by atoms with Crippen LogP contribution in [0.15, 0.2) is 152 Å². The Kier molecular flexibility index (Phi) is 5.17. The van der Waals surface area contributed by atoms with E-state index in [2.05, 4.69) is 152 Å². The summed E-state index contributed by atoms with van der Waals surface area (Å²) in [6.45, 7) is 0.124. The van der Waals surface area contributed by atoms with E-state index in [4.69, 9.17) is 0 Å². The molecule has 0 saturated heterocycles. The van der Waals surface area contributed by atoms with Crippen molar-refractivity contribution in [2.75, 3.05) is 0 Å². The molecule has 0 radical (unpaired) electrons. The summed E-state index contributed by atoms with van der Waals surface area (Å²) in [5.41, 5.74) is 14.8. The fourth-order valence-electron chi connectivity index (χ4n) is 9.18. The van der Waals surface area contributed by atoms with Crippen molar-refractivity contribution in [3.8, 4) is 44.5 Å². The average molecular weight is 653 g/mol. The molecular weight excluding hydrogens is 627 g/mol. The van der Waals surface area contributed by atoms with Gasteiger partial charge in [0.25, 0.3) is 0 Å². The van der Waals surface area contributed by atoms with Gasteiger partial charge in [0.1, 0.15) is 0 Å². The molecule has 0 saturated carbocycles. The molecule has 0 unspecified atom stereocenters. The molecule has 0 bridgehead atoms. The molecule has 4 heterocycles. The van der Waals surface area contributed by atoms with Crippen molar-refractivity contribution in [3.63, 3.8) is 0 Å². The maximum atomic E-state index is 2.53. The van der Waals surface area contributed by atoms with E-state index in [0.29, 0.717) is 0 Å². The Morgan fingerprint density at radius 2 is 0.796 bits per heavy atom. The van der Waals surface area contributed by atoms with Crippen LogP contribution in [0.5, 0.6) is 0 Å². The highest BCUT2D eigenvalue weighted by Gasteiger charge is 2.37. The fourth-order valence-corrected chi connectivity index (χ4v) is 11.5. The molecule has 2 aliphatic rings. The molecule has 0 nitrogen and oxygen atoms in total. The average Bonchev–Trinajstić information content (AvgIpc) is 3.67. The zero-order valence-electron chi connectivity index (χ0n) is 26.3.